The normalized spacial score (nSPS) is 21.2. The Labute approximate surface area is 78.9 Å². The van der Waals surface area contributed by atoms with Gasteiger partial charge in [-0.2, -0.15) is 0 Å². The highest BCUT2D eigenvalue weighted by molar-refractivity contribution is 5.31. The second-order valence-corrected chi connectivity index (χ2v) is 3.37. The summed E-state index contributed by atoms with van der Waals surface area (Å²) in [5.74, 6) is 0. The third-order valence-corrected chi connectivity index (χ3v) is 2.48. The first-order valence-corrected chi connectivity index (χ1v) is 4.76. The molecule has 1 unspecified atom stereocenters. The van der Waals surface area contributed by atoms with Crippen molar-refractivity contribution < 1.29 is 4.74 Å². The van der Waals surface area contributed by atoms with E-state index < -0.39 is 0 Å². The maximum absolute atomic E-state index is 5.68. The summed E-state index contributed by atoms with van der Waals surface area (Å²) in [6.45, 7) is 1.75. The van der Waals surface area contributed by atoms with Gasteiger partial charge in [0, 0.05) is 6.54 Å². The van der Waals surface area contributed by atoms with Crippen LogP contribution in [0.1, 0.15) is 17.2 Å². The highest BCUT2D eigenvalue weighted by Crippen LogP contribution is 2.25. The molecule has 1 N–H and O–H groups in total. The summed E-state index contributed by atoms with van der Waals surface area (Å²) in [6, 6.07) is 8.54. The second-order valence-electron chi connectivity index (χ2n) is 3.37. The molecule has 1 aliphatic rings. The number of hydrogen-bond donors (Lipinski definition) is 1. The molecule has 0 amide bonds. The molecule has 1 heterocycles. The molecule has 2 rings (SSSR count). The van der Waals surface area contributed by atoms with Gasteiger partial charge >= 0.3 is 0 Å². The summed E-state index contributed by atoms with van der Waals surface area (Å²) in [5, 5.41) is 3.15. The number of rotatable bonds is 2. The molecule has 0 saturated carbocycles. The first-order valence-electron chi connectivity index (χ1n) is 4.76. The van der Waals surface area contributed by atoms with Crippen molar-refractivity contribution in [2.45, 2.75) is 12.5 Å². The summed E-state index contributed by atoms with van der Waals surface area (Å²) in [7, 11) is 1.96. The fourth-order valence-corrected chi connectivity index (χ4v) is 1.83. The molecular formula is C11H15NO. The minimum atomic E-state index is 0.245. The smallest absolute Gasteiger partial charge is 0.0951 e. The van der Waals surface area contributed by atoms with Gasteiger partial charge in [-0.05, 0) is 24.6 Å². The van der Waals surface area contributed by atoms with Crippen LogP contribution in [0, 0.1) is 0 Å². The van der Waals surface area contributed by atoms with Crippen molar-refractivity contribution in [2.24, 2.45) is 0 Å². The number of benzene rings is 1. The fraction of sp³-hybridized carbons (Fsp3) is 0.455. The van der Waals surface area contributed by atoms with E-state index in [0.29, 0.717) is 0 Å². The molecule has 70 valence electrons. The van der Waals surface area contributed by atoms with Crippen LogP contribution in [0.2, 0.25) is 0 Å². The zero-order chi connectivity index (χ0) is 9.10. The van der Waals surface area contributed by atoms with E-state index in [-0.39, 0.29) is 6.10 Å². The van der Waals surface area contributed by atoms with Gasteiger partial charge in [0.15, 0.2) is 0 Å². The quantitative estimate of drug-likeness (QED) is 0.739. The van der Waals surface area contributed by atoms with Crippen LogP contribution in [0.4, 0.5) is 0 Å². The minimum Gasteiger partial charge on any atom is -0.372 e. The molecule has 0 spiro atoms. The maximum atomic E-state index is 5.68. The molecule has 13 heavy (non-hydrogen) atoms. The van der Waals surface area contributed by atoms with Crippen molar-refractivity contribution >= 4 is 0 Å². The Hall–Kier alpha value is -0.860. The van der Waals surface area contributed by atoms with Gasteiger partial charge in [0.2, 0.25) is 0 Å². The Bertz CT molecular complexity index is 285. The molecule has 0 aliphatic carbocycles. The summed E-state index contributed by atoms with van der Waals surface area (Å²) in [4.78, 5) is 0. The highest BCUT2D eigenvalue weighted by atomic mass is 16.5. The molecule has 2 nitrogen and oxygen atoms in total. The Balaban J connectivity index is 2.26. The lowest BCUT2D eigenvalue weighted by Crippen LogP contribution is -2.25. The van der Waals surface area contributed by atoms with Crippen molar-refractivity contribution in [2.75, 3.05) is 20.2 Å². The van der Waals surface area contributed by atoms with Crippen LogP contribution >= 0.6 is 0 Å². The van der Waals surface area contributed by atoms with Crippen LogP contribution < -0.4 is 5.32 Å². The zero-order valence-corrected chi connectivity index (χ0v) is 7.92. The van der Waals surface area contributed by atoms with E-state index in [1.807, 2.05) is 7.05 Å². The average molecular weight is 177 g/mol. The molecule has 0 fully saturated rings. The topological polar surface area (TPSA) is 21.3 Å². The fourth-order valence-electron chi connectivity index (χ4n) is 1.83. The van der Waals surface area contributed by atoms with E-state index in [2.05, 4.69) is 29.6 Å². The third-order valence-electron chi connectivity index (χ3n) is 2.48. The first kappa shape index (κ1) is 8.73. The van der Waals surface area contributed by atoms with Crippen molar-refractivity contribution in [3.05, 3.63) is 35.4 Å². The molecular weight excluding hydrogens is 162 g/mol. The highest BCUT2D eigenvalue weighted by Gasteiger charge is 2.18. The summed E-state index contributed by atoms with van der Waals surface area (Å²) >= 11 is 0. The molecule has 0 bridgehead atoms. The minimum absolute atomic E-state index is 0.245. The van der Waals surface area contributed by atoms with Crippen molar-refractivity contribution in [3.8, 4) is 0 Å². The number of hydrogen-bond acceptors (Lipinski definition) is 2. The Morgan fingerprint density at radius 3 is 3.15 bits per heavy atom. The van der Waals surface area contributed by atoms with Gasteiger partial charge in [0.1, 0.15) is 0 Å². The maximum Gasteiger partial charge on any atom is 0.0951 e. The van der Waals surface area contributed by atoms with Gasteiger partial charge in [-0.15, -0.1) is 0 Å². The lowest BCUT2D eigenvalue weighted by molar-refractivity contribution is 0.0438. The molecule has 1 atom stereocenters. The molecule has 1 aromatic rings. The Kier molecular flexibility index (Phi) is 2.62. The van der Waals surface area contributed by atoms with Gasteiger partial charge in [-0.3, -0.25) is 0 Å². The summed E-state index contributed by atoms with van der Waals surface area (Å²) in [6.07, 6.45) is 1.30. The molecule has 2 heteroatoms. The van der Waals surface area contributed by atoms with E-state index in [9.17, 15) is 0 Å². The monoisotopic (exact) mass is 177 g/mol. The van der Waals surface area contributed by atoms with Crippen LogP contribution in [0.3, 0.4) is 0 Å². The molecule has 0 saturated heterocycles. The van der Waals surface area contributed by atoms with E-state index in [1.54, 1.807) is 0 Å². The van der Waals surface area contributed by atoms with E-state index in [0.717, 1.165) is 19.6 Å². The largest absolute Gasteiger partial charge is 0.372 e. The van der Waals surface area contributed by atoms with E-state index >= 15 is 0 Å². The van der Waals surface area contributed by atoms with Gasteiger partial charge in [0.25, 0.3) is 0 Å². The predicted octanol–water partition coefficient (Wildman–Crippen LogP) is 1.52. The predicted molar refractivity (Wildman–Crippen MR) is 52.8 cm³/mol. The Morgan fingerprint density at radius 1 is 1.46 bits per heavy atom. The van der Waals surface area contributed by atoms with Crippen molar-refractivity contribution in [1.82, 2.24) is 5.32 Å². The first-order chi connectivity index (χ1) is 6.42. The van der Waals surface area contributed by atoms with E-state index in [4.69, 9.17) is 4.74 Å². The van der Waals surface area contributed by atoms with Gasteiger partial charge in [-0.1, -0.05) is 24.3 Å². The number of fused-ring (bicyclic) bond motifs is 1. The lowest BCUT2D eigenvalue weighted by atomic mass is 9.98. The van der Waals surface area contributed by atoms with Crippen LogP contribution in [0.25, 0.3) is 0 Å². The number of nitrogens with one attached hydrogen (secondary N) is 1. The van der Waals surface area contributed by atoms with Crippen LogP contribution in [-0.4, -0.2) is 20.2 Å². The standard InChI is InChI=1S/C11H15NO/c1-12-8-11-10-5-3-2-4-9(10)6-7-13-11/h2-5,11-12H,6-8H2,1H3. The summed E-state index contributed by atoms with van der Waals surface area (Å²) < 4.78 is 5.68. The van der Waals surface area contributed by atoms with Gasteiger partial charge < -0.3 is 10.1 Å². The van der Waals surface area contributed by atoms with Crippen LogP contribution in [0.15, 0.2) is 24.3 Å². The molecule has 1 aromatic carbocycles. The molecule has 0 aromatic heterocycles. The number of likely N-dealkylation sites (N-methyl/N-ethyl adjacent to an activating group) is 1. The number of ether oxygens (including phenoxy) is 1. The zero-order valence-electron chi connectivity index (χ0n) is 7.92. The Morgan fingerprint density at radius 2 is 2.31 bits per heavy atom. The van der Waals surface area contributed by atoms with Crippen molar-refractivity contribution in [3.63, 3.8) is 0 Å². The van der Waals surface area contributed by atoms with Crippen LogP contribution in [-0.2, 0) is 11.2 Å². The van der Waals surface area contributed by atoms with E-state index in [1.165, 1.54) is 11.1 Å². The third kappa shape index (κ3) is 1.74. The van der Waals surface area contributed by atoms with Gasteiger partial charge in [-0.25, -0.2) is 0 Å². The summed E-state index contributed by atoms with van der Waals surface area (Å²) in [5.41, 5.74) is 2.79. The van der Waals surface area contributed by atoms with Gasteiger partial charge in [0.05, 0.1) is 12.7 Å². The SMILES string of the molecule is CNCC1OCCc2ccccc21. The molecule has 0 radical (unpaired) electrons. The van der Waals surface area contributed by atoms with Crippen molar-refractivity contribution in [1.29, 1.82) is 0 Å². The molecule has 1 aliphatic heterocycles. The average Bonchev–Trinajstić information content (AvgIpc) is 2.19. The second kappa shape index (κ2) is 3.90. The lowest BCUT2D eigenvalue weighted by Gasteiger charge is -2.25. The van der Waals surface area contributed by atoms with Crippen LogP contribution in [0.5, 0.6) is 0 Å².